The number of carbonyl (C=O) groups is 1. The predicted octanol–water partition coefficient (Wildman–Crippen LogP) is 6.58. The third kappa shape index (κ3) is 6.70. The lowest BCUT2D eigenvalue weighted by atomic mass is 10.0. The second-order valence-electron chi connectivity index (χ2n) is 7.50. The molecule has 3 aromatic carbocycles. The summed E-state index contributed by atoms with van der Waals surface area (Å²) in [4.78, 5) is 12.3. The van der Waals surface area contributed by atoms with E-state index in [4.69, 9.17) is 9.47 Å². The van der Waals surface area contributed by atoms with Crippen molar-refractivity contribution in [1.29, 1.82) is 0 Å². The fourth-order valence-corrected chi connectivity index (χ4v) is 4.36. The summed E-state index contributed by atoms with van der Waals surface area (Å²) in [5.41, 5.74) is 2.96. The van der Waals surface area contributed by atoms with Crippen molar-refractivity contribution in [3.05, 3.63) is 77.4 Å². The summed E-state index contributed by atoms with van der Waals surface area (Å²) in [6.07, 6.45) is -3.53. The molecule has 0 N–H and O–H groups in total. The van der Waals surface area contributed by atoms with Crippen LogP contribution < -0.4 is 9.47 Å². The predicted molar refractivity (Wildman–Crippen MR) is 127 cm³/mol. The van der Waals surface area contributed by atoms with Crippen LogP contribution in [0, 0.1) is 6.92 Å². The van der Waals surface area contributed by atoms with Gasteiger partial charge in [0.15, 0.2) is 6.61 Å². The number of methoxy groups -OCH3 is 2. The van der Waals surface area contributed by atoms with Gasteiger partial charge in [0.2, 0.25) is 0 Å². The van der Waals surface area contributed by atoms with Gasteiger partial charge in [0.25, 0.3) is 0 Å². The van der Waals surface area contributed by atoms with Gasteiger partial charge < -0.3 is 14.2 Å². The van der Waals surface area contributed by atoms with E-state index in [0.29, 0.717) is 11.5 Å². The van der Waals surface area contributed by atoms with Crippen LogP contribution >= 0.6 is 11.8 Å². The van der Waals surface area contributed by atoms with E-state index in [1.807, 2.05) is 37.3 Å². The Labute approximate surface area is 201 Å². The van der Waals surface area contributed by atoms with Gasteiger partial charge >= 0.3 is 12.1 Å². The zero-order valence-electron chi connectivity index (χ0n) is 19.1. The summed E-state index contributed by atoms with van der Waals surface area (Å²) in [6.45, 7) is 1.73. The summed E-state index contributed by atoms with van der Waals surface area (Å²) < 4.78 is 53.8. The highest BCUT2D eigenvalue weighted by atomic mass is 32.2. The molecule has 0 aromatic heterocycles. The molecule has 4 nitrogen and oxygen atoms in total. The first-order chi connectivity index (χ1) is 16.2. The Morgan fingerprint density at radius 1 is 0.912 bits per heavy atom. The molecule has 8 heteroatoms. The van der Waals surface area contributed by atoms with Crippen molar-refractivity contribution in [1.82, 2.24) is 0 Å². The number of carbonyl (C=O) groups excluding carboxylic acids is 1. The zero-order chi connectivity index (χ0) is 24.7. The first-order valence-electron chi connectivity index (χ1n) is 10.5. The highest BCUT2D eigenvalue weighted by molar-refractivity contribution is 7.99. The molecule has 0 radical (unpaired) electrons. The number of alkyl halides is 3. The summed E-state index contributed by atoms with van der Waals surface area (Å²) in [6, 6.07) is 16.7. The molecule has 180 valence electrons. The highest BCUT2D eigenvalue weighted by Crippen LogP contribution is 2.36. The maximum Gasteiger partial charge on any atom is 0.416 e. The van der Waals surface area contributed by atoms with E-state index in [-0.39, 0.29) is 6.61 Å². The molecule has 34 heavy (non-hydrogen) atoms. The van der Waals surface area contributed by atoms with Crippen LogP contribution in [0.25, 0.3) is 11.1 Å². The third-order valence-electron chi connectivity index (χ3n) is 5.18. The summed E-state index contributed by atoms with van der Waals surface area (Å²) in [5, 5.41) is 0. The monoisotopic (exact) mass is 490 g/mol. The second kappa shape index (κ2) is 11.3. The SMILES string of the molecule is COC(=O)COc1cc(OC)c(SCCc2ccc(-c3ccc(C(F)(F)F)cc3)cc2)cc1C. The molecule has 0 saturated heterocycles. The van der Waals surface area contributed by atoms with E-state index in [1.165, 1.54) is 19.2 Å². The van der Waals surface area contributed by atoms with Crippen molar-refractivity contribution < 1.29 is 32.2 Å². The van der Waals surface area contributed by atoms with E-state index in [2.05, 4.69) is 4.74 Å². The van der Waals surface area contributed by atoms with Gasteiger partial charge in [0.05, 0.1) is 19.8 Å². The maximum absolute atomic E-state index is 12.7. The molecule has 0 heterocycles. The van der Waals surface area contributed by atoms with E-state index < -0.39 is 17.7 Å². The lowest BCUT2D eigenvalue weighted by molar-refractivity contribution is -0.143. The van der Waals surface area contributed by atoms with Crippen molar-refractivity contribution in [2.75, 3.05) is 26.6 Å². The number of rotatable bonds is 9. The van der Waals surface area contributed by atoms with Crippen molar-refractivity contribution in [2.45, 2.75) is 24.4 Å². The Bertz CT molecular complexity index is 1110. The lowest BCUT2D eigenvalue weighted by Gasteiger charge is -2.14. The van der Waals surface area contributed by atoms with Gasteiger partial charge in [-0.2, -0.15) is 13.2 Å². The molecular weight excluding hydrogens is 465 g/mol. The molecule has 0 amide bonds. The third-order valence-corrected chi connectivity index (χ3v) is 6.22. The lowest BCUT2D eigenvalue weighted by Crippen LogP contribution is -2.13. The minimum atomic E-state index is -4.34. The van der Waals surface area contributed by atoms with Crippen molar-refractivity contribution in [2.24, 2.45) is 0 Å². The highest BCUT2D eigenvalue weighted by Gasteiger charge is 2.29. The maximum atomic E-state index is 12.7. The fourth-order valence-electron chi connectivity index (χ4n) is 3.26. The number of hydrogen-bond donors (Lipinski definition) is 0. The first kappa shape index (κ1) is 25.5. The van der Waals surface area contributed by atoms with E-state index in [0.717, 1.165) is 51.5 Å². The minimum absolute atomic E-state index is 0.171. The normalized spacial score (nSPS) is 11.2. The first-order valence-corrected chi connectivity index (χ1v) is 11.5. The van der Waals surface area contributed by atoms with Crippen LogP contribution in [-0.2, 0) is 22.1 Å². The molecule has 0 spiro atoms. The quantitative estimate of drug-likeness (QED) is 0.251. The second-order valence-corrected chi connectivity index (χ2v) is 8.64. The Morgan fingerprint density at radius 2 is 1.53 bits per heavy atom. The summed E-state index contributed by atoms with van der Waals surface area (Å²) in [5.74, 6) is 1.57. The Morgan fingerprint density at radius 3 is 2.09 bits per heavy atom. The van der Waals surface area contributed by atoms with Crippen LogP contribution in [0.15, 0.2) is 65.6 Å². The minimum Gasteiger partial charge on any atom is -0.495 e. The molecule has 0 aliphatic rings. The Hall–Kier alpha value is -3.13. The van der Waals surface area contributed by atoms with Crippen LogP contribution in [-0.4, -0.2) is 32.5 Å². The average Bonchev–Trinajstić information content (AvgIpc) is 2.83. The molecule has 0 bridgehead atoms. The Balaban J connectivity index is 1.60. The number of halogens is 3. The molecule has 0 atom stereocenters. The van der Waals surface area contributed by atoms with E-state index >= 15 is 0 Å². The molecule has 3 aromatic rings. The molecule has 0 aliphatic heterocycles. The summed E-state index contributed by atoms with van der Waals surface area (Å²) in [7, 11) is 2.89. The van der Waals surface area contributed by atoms with Crippen LogP contribution in [0.2, 0.25) is 0 Å². The standard InChI is InChI=1S/C26H25F3O4S/c1-17-14-24(23(31-2)15-22(17)33-16-25(30)32-3)34-13-12-18-4-6-19(7-5-18)20-8-10-21(11-9-20)26(27,28)29/h4-11,14-15H,12-13,16H2,1-3H3. The number of hydrogen-bond acceptors (Lipinski definition) is 5. The molecule has 0 saturated carbocycles. The molecule has 0 unspecified atom stereocenters. The van der Waals surface area contributed by atoms with Gasteiger partial charge in [0.1, 0.15) is 11.5 Å². The van der Waals surface area contributed by atoms with Crippen molar-refractivity contribution in [3.63, 3.8) is 0 Å². The number of aryl methyl sites for hydroxylation is 2. The number of ether oxygens (including phenoxy) is 3. The molecule has 0 fully saturated rings. The topological polar surface area (TPSA) is 44.8 Å². The number of benzene rings is 3. The van der Waals surface area contributed by atoms with Crippen molar-refractivity contribution >= 4 is 17.7 Å². The van der Waals surface area contributed by atoms with E-state index in [9.17, 15) is 18.0 Å². The van der Waals surface area contributed by atoms with Gasteiger partial charge in [-0.25, -0.2) is 4.79 Å². The average molecular weight is 491 g/mol. The van der Waals surface area contributed by atoms with E-state index in [1.54, 1.807) is 24.9 Å². The number of thioether (sulfide) groups is 1. The zero-order valence-corrected chi connectivity index (χ0v) is 19.9. The summed E-state index contributed by atoms with van der Waals surface area (Å²) >= 11 is 1.64. The van der Waals surface area contributed by atoms with Gasteiger partial charge in [-0.15, -0.1) is 11.8 Å². The van der Waals surface area contributed by atoms with Gasteiger partial charge in [-0.3, -0.25) is 0 Å². The van der Waals surface area contributed by atoms with Crippen LogP contribution in [0.3, 0.4) is 0 Å². The molecule has 3 rings (SSSR count). The Kier molecular flexibility index (Phi) is 8.50. The van der Waals surface area contributed by atoms with Crippen LogP contribution in [0.1, 0.15) is 16.7 Å². The largest absolute Gasteiger partial charge is 0.495 e. The van der Waals surface area contributed by atoms with Crippen LogP contribution in [0.5, 0.6) is 11.5 Å². The fraction of sp³-hybridized carbons (Fsp3) is 0.269. The van der Waals surface area contributed by atoms with Crippen LogP contribution in [0.4, 0.5) is 13.2 Å². The molecular formula is C26H25F3O4S. The smallest absolute Gasteiger partial charge is 0.416 e. The number of esters is 1. The van der Waals surface area contributed by atoms with Crippen molar-refractivity contribution in [3.8, 4) is 22.6 Å². The van der Waals surface area contributed by atoms with Gasteiger partial charge in [-0.05, 0) is 53.8 Å². The van der Waals surface area contributed by atoms with Gasteiger partial charge in [0, 0.05) is 16.7 Å². The van der Waals surface area contributed by atoms with Gasteiger partial charge in [-0.1, -0.05) is 36.4 Å². The molecule has 0 aliphatic carbocycles.